The van der Waals surface area contributed by atoms with Crippen molar-refractivity contribution in [1.82, 2.24) is 10.2 Å². The molecule has 1 N–H and O–H groups in total. The maximum Gasteiger partial charge on any atom is 0.242 e. The van der Waals surface area contributed by atoms with Crippen LogP contribution in [0.1, 0.15) is 45.2 Å². The smallest absolute Gasteiger partial charge is 0.242 e. The summed E-state index contributed by atoms with van der Waals surface area (Å²) >= 11 is 6.33. The summed E-state index contributed by atoms with van der Waals surface area (Å²) in [7, 11) is 0. The van der Waals surface area contributed by atoms with Gasteiger partial charge in [-0.25, -0.2) is 0 Å². The molecule has 2 aromatic rings. The van der Waals surface area contributed by atoms with E-state index in [-0.39, 0.29) is 31.6 Å². The van der Waals surface area contributed by atoms with Gasteiger partial charge in [-0.2, -0.15) is 0 Å². The zero-order valence-electron chi connectivity index (χ0n) is 18.4. The van der Waals surface area contributed by atoms with E-state index in [1.165, 1.54) is 0 Å². The molecule has 1 unspecified atom stereocenters. The Morgan fingerprint density at radius 3 is 2.55 bits per heavy atom. The second-order valence-corrected chi connectivity index (χ2v) is 9.12. The maximum atomic E-state index is 13.2. The summed E-state index contributed by atoms with van der Waals surface area (Å²) in [6, 6.07) is 12.4. The predicted octanol–water partition coefficient (Wildman–Crippen LogP) is 4.33. The van der Waals surface area contributed by atoms with Crippen molar-refractivity contribution in [2.24, 2.45) is 0 Å². The number of nitrogens with zero attached hydrogens (tertiary/aromatic N) is 1. The largest absolute Gasteiger partial charge is 0.454 e. The van der Waals surface area contributed by atoms with Crippen LogP contribution in [0, 0.1) is 0 Å². The van der Waals surface area contributed by atoms with Crippen LogP contribution in [0.4, 0.5) is 0 Å². The van der Waals surface area contributed by atoms with Crippen molar-refractivity contribution in [3.8, 4) is 11.5 Å². The summed E-state index contributed by atoms with van der Waals surface area (Å²) in [6.07, 6.45) is 0.791. The first-order valence-electron chi connectivity index (χ1n) is 10.4. The van der Waals surface area contributed by atoms with Gasteiger partial charge in [-0.15, -0.1) is 0 Å². The second-order valence-electron chi connectivity index (χ2n) is 8.72. The fourth-order valence-corrected chi connectivity index (χ4v) is 3.55. The number of hydrogen-bond acceptors (Lipinski definition) is 4. The van der Waals surface area contributed by atoms with Crippen molar-refractivity contribution in [1.29, 1.82) is 0 Å². The molecular weight excluding hydrogens is 416 g/mol. The van der Waals surface area contributed by atoms with Crippen molar-refractivity contribution in [3.63, 3.8) is 0 Å². The van der Waals surface area contributed by atoms with E-state index in [0.29, 0.717) is 22.9 Å². The zero-order valence-corrected chi connectivity index (χ0v) is 19.2. The van der Waals surface area contributed by atoms with Crippen molar-refractivity contribution in [2.45, 2.75) is 58.7 Å². The van der Waals surface area contributed by atoms with Crippen LogP contribution in [-0.4, -0.2) is 35.1 Å². The number of halogens is 1. The van der Waals surface area contributed by atoms with Crippen LogP contribution < -0.4 is 14.8 Å². The van der Waals surface area contributed by atoms with E-state index < -0.39 is 11.6 Å². The number of fused-ring (bicyclic) bond motifs is 1. The van der Waals surface area contributed by atoms with Gasteiger partial charge in [-0.05, 0) is 63.4 Å². The summed E-state index contributed by atoms with van der Waals surface area (Å²) in [5.41, 5.74) is 1.38. The topological polar surface area (TPSA) is 67.9 Å². The van der Waals surface area contributed by atoms with Crippen LogP contribution in [0.25, 0.3) is 0 Å². The van der Waals surface area contributed by atoms with Crippen LogP contribution in [-0.2, 0) is 22.6 Å². The Kier molecular flexibility index (Phi) is 7.11. The average Bonchev–Trinajstić information content (AvgIpc) is 3.17. The minimum absolute atomic E-state index is 0.117. The minimum atomic E-state index is -0.639. The second kappa shape index (κ2) is 9.60. The molecule has 1 heterocycles. The molecule has 6 nitrogen and oxygen atoms in total. The highest BCUT2D eigenvalue weighted by Gasteiger charge is 2.28. The molecular formula is C24H29ClN2O4. The number of hydrogen-bond donors (Lipinski definition) is 1. The quantitative estimate of drug-likeness (QED) is 0.690. The van der Waals surface area contributed by atoms with Gasteiger partial charge in [0.2, 0.25) is 18.6 Å². The Labute approximate surface area is 188 Å². The molecule has 0 radical (unpaired) electrons. The number of rotatable bonds is 7. The number of nitrogens with one attached hydrogen (secondary N) is 1. The van der Waals surface area contributed by atoms with Gasteiger partial charge in [-0.3, -0.25) is 9.59 Å². The van der Waals surface area contributed by atoms with Gasteiger partial charge >= 0.3 is 0 Å². The molecule has 0 saturated heterocycles. The summed E-state index contributed by atoms with van der Waals surface area (Å²) in [5, 5.41) is 3.53. The Morgan fingerprint density at radius 2 is 1.84 bits per heavy atom. The molecule has 1 atom stereocenters. The summed E-state index contributed by atoms with van der Waals surface area (Å²) < 4.78 is 10.8. The van der Waals surface area contributed by atoms with E-state index in [0.717, 1.165) is 11.1 Å². The van der Waals surface area contributed by atoms with Crippen LogP contribution in [0.3, 0.4) is 0 Å². The van der Waals surface area contributed by atoms with E-state index in [4.69, 9.17) is 21.1 Å². The Morgan fingerprint density at radius 1 is 1.13 bits per heavy atom. The van der Waals surface area contributed by atoms with Crippen molar-refractivity contribution in [3.05, 3.63) is 58.6 Å². The first-order valence-corrected chi connectivity index (χ1v) is 10.8. The van der Waals surface area contributed by atoms with Crippen LogP contribution in [0.2, 0.25) is 5.02 Å². The highest BCUT2D eigenvalue weighted by atomic mass is 35.5. The minimum Gasteiger partial charge on any atom is -0.454 e. The summed E-state index contributed by atoms with van der Waals surface area (Å²) in [5.74, 6) is 1.09. The summed E-state index contributed by atoms with van der Waals surface area (Å²) in [6.45, 7) is 7.96. The fraction of sp³-hybridized carbons (Fsp3) is 0.417. The molecule has 1 aliphatic heterocycles. The molecule has 166 valence electrons. The average molecular weight is 445 g/mol. The third kappa shape index (κ3) is 6.14. The van der Waals surface area contributed by atoms with Gasteiger partial charge < -0.3 is 19.7 Å². The molecule has 0 aliphatic carbocycles. The highest BCUT2D eigenvalue weighted by molar-refractivity contribution is 6.31. The van der Waals surface area contributed by atoms with E-state index in [1.807, 2.05) is 57.2 Å². The number of carbonyl (C=O) groups excluding carboxylic acids is 2. The standard InChI is InChI=1S/C24H29ClN2O4/c1-16(23(29)26-24(2,3)4)27(14-18-7-5-6-8-19(18)25)22(28)12-10-17-9-11-20-21(13-17)31-15-30-20/h5-9,11,13,16H,10,12,14-15H2,1-4H3,(H,26,29). The number of benzene rings is 2. The zero-order chi connectivity index (χ0) is 22.6. The Hall–Kier alpha value is -2.73. The molecule has 0 fully saturated rings. The molecule has 7 heteroatoms. The van der Waals surface area contributed by atoms with E-state index in [2.05, 4.69) is 5.32 Å². The fourth-order valence-electron chi connectivity index (χ4n) is 3.36. The number of amides is 2. The van der Waals surface area contributed by atoms with Gasteiger partial charge in [0.25, 0.3) is 0 Å². The van der Waals surface area contributed by atoms with Crippen LogP contribution >= 0.6 is 11.6 Å². The molecule has 2 amide bonds. The highest BCUT2D eigenvalue weighted by Crippen LogP contribution is 2.33. The van der Waals surface area contributed by atoms with Gasteiger partial charge in [0.1, 0.15) is 6.04 Å². The first kappa shape index (κ1) is 22.9. The summed E-state index contributed by atoms with van der Waals surface area (Å²) in [4.78, 5) is 27.6. The van der Waals surface area contributed by atoms with E-state index in [1.54, 1.807) is 17.9 Å². The van der Waals surface area contributed by atoms with Gasteiger partial charge in [-0.1, -0.05) is 35.9 Å². The Balaban J connectivity index is 1.74. The lowest BCUT2D eigenvalue weighted by Crippen LogP contribution is -2.52. The third-order valence-corrected chi connectivity index (χ3v) is 5.40. The van der Waals surface area contributed by atoms with Gasteiger partial charge in [0.05, 0.1) is 0 Å². The van der Waals surface area contributed by atoms with Crippen molar-refractivity contribution >= 4 is 23.4 Å². The molecule has 0 saturated carbocycles. The first-order chi connectivity index (χ1) is 14.6. The van der Waals surface area contributed by atoms with Crippen LogP contribution in [0.15, 0.2) is 42.5 Å². The molecule has 0 aromatic heterocycles. The lowest BCUT2D eigenvalue weighted by atomic mass is 10.1. The Bertz CT molecular complexity index is 955. The van der Waals surface area contributed by atoms with Crippen LogP contribution in [0.5, 0.6) is 11.5 Å². The van der Waals surface area contributed by atoms with E-state index >= 15 is 0 Å². The SMILES string of the molecule is CC(C(=O)NC(C)(C)C)N(Cc1ccccc1Cl)C(=O)CCc1ccc2c(c1)OCO2. The molecule has 0 spiro atoms. The van der Waals surface area contributed by atoms with Gasteiger partial charge in [0, 0.05) is 23.5 Å². The van der Waals surface area contributed by atoms with Crippen molar-refractivity contribution in [2.75, 3.05) is 6.79 Å². The normalized spacial score (nSPS) is 13.6. The van der Waals surface area contributed by atoms with E-state index in [9.17, 15) is 9.59 Å². The van der Waals surface area contributed by atoms with Gasteiger partial charge in [0.15, 0.2) is 11.5 Å². The predicted molar refractivity (Wildman–Crippen MR) is 120 cm³/mol. The number of carbonyl (C=O) groups is 2. The lowest BCUT2D eigenvalue weighted by Gasteiger charge is -2.31. The molecule has 1 aliphatic rings. The maximum absolute atomic E-state index is 13.2. The monoisotopic (exact) mass is 444 g/mol. The van der Waals surface area contributed by atoms with Crippen molar-refractivity contribution < 1.29 is 19.1 Å². The number of aryl methyl sites for hydroxylation is 1. The lowest BCUT2D eigenvalue weighted by molar-refractivity contribution is -0.141. The number of ether oxygens (including phenoxy) is 2. The molecule has 3 rings (SSSR count). The third-order valence-electron chi connectivity index (χ3n) is 5.03. The molecule has 31 heavy (non-hydrogen) atoms. The molecule has 2 aromatic carbocycles. The molecule has 0 bridgehead atoms.